The van der Waals surface area contributed by atoms with Crippen LogP contribution in [0, 0.1) is 0 Å². The molecule has 9 nitrogen and oxygen atoms in total. The van der Waals surface area contributed by atoms with Crippen molar-refractivity contribution in [2.75, 3.05) is 23.1 Å². The van der Waals surface area contributed by atoms with Crippen LogP contribution in [0.1, 0.15) is 42.6 Å². The summed E-state index contributed by atoms with van der Waals surface area (Å²) in [5, 5.41) is 7.97. The third kappa shape index (κ3) is 2.87. The quantitative estimate of drug-likeness (QED) is 0.713. The Kier molecular flexibility index (Phi) is 4.18. The molecule has 3 heterocycles. The Balaban J connectivity index is 1.82. The molecule has 27 heavy (non-hydrogen) atoms. The third-order valence-corrected chi connectivity index (χ3v) is 5.53. The molecule has 4 rings (SSSR count). The molecule has 2 aromatic rings. The smallest absolute Gasteiger partial charge is 0.293 e. The molecule has 142 valence electrons. The van der Waals surface area contributed by atoms with Crippen molar-refractivity contribution in [2.24, 2.45) is 0 Å². The number of carbonyl (C=O) groups is 1. The maximum atomic E-state index is 13.2. The number of hydrogen-bond donors (Lipinski definition) is 3. The van der Waals surface area contributed by atoms with Crippen LogP contribution in [0.5, 0.6) is 0 Å². The van der Waals surface area contributed by atoms with Gasteiger partial charge in [-0.1, -0.05) is 18.0 Å². The predicted octanol–water partition coefficient (Wildman–Crippen LogP) is 1.59. The van der Waals surface area contributed by atoms with Gasteiger partial charge < -0.3 is 16.4 Å². The molecule has 1 fully saturated rings. The third-order valence-electron chi connectivity index (χ3n) is 5.24. The lowest BCUT2D eigenvalue weighted by molar-refractivity contribution is 0.0775. The lowest BCUT2D eigenvalue weighted by atomic mass is 9.87. The minimum atomic E-state index is -0.576. The number of hydrogen-bond acceptors (Lipinski definition) is 7. The van der Waals surface area contributed by atoms with Gasteiger partial charge in [-0.05, 0) is 31.7 Å². The first-order valence-electron chi connectivity index (χ1n) is 8.78. The molecule has 1 amide bonds. The summed E-state index contributed by atoms with van der Waals surface area (Å²) in [5.41, 5.74) is 5.04. The number of nitrogen functional groups attached to an aromatic ring is 1. The maximum absolute atomic E-state index is 13.2. The van der Waals surface area contributed by atoms with Crippen LogP contribution in [-0.4, -0.2) is 33.3 Å². The number of fused-ring (bicyclic) bond motifs is 1. The van der Waals surface area contributed by atoms with Gasteiger partial charge in [0.15, 0.2) is 0 Å². The fourth-order valence-electron chi connectivity index (χ4n) is 3.86. The van der Waals surface area contributed by atoms with Crippen molar-refractivity contribution >= 4 is 34.8 Å². The van der Waals surface area contributed by atoms with E-state index in [9.17, 15) is 9.59 Å². The summed E-state index contributed by atoms with van der Waals surface area (Å²) >= 11 is 6.36. The number of carbonyl (C=O) groups excluding carboxylic acids is 1. The van der Waals surface area contributed by atoms with E-state index in [0.29, 0.717) is 5.82 Å². The van der Waals surface area contributed by atoms with Crippen LogP contribution in [0.15, 0.2) is 23.3 Å². The molecule has 2 aromatic heterocycles. The van der Waals surface area contributed by atoms with Gasteiger partial charge in [0, 0.05) is 13.1 Å². The Morgan fingerprint density at radius 3 is 2.67 bits per heavy atom. The Morgan fingerprint density at radius 2 is 1.96 bits per heavy atom. The van der Waals surface area contributed by atoms with E-state index >= 15 is 0 Å². The van der Waals surface area contributed by atoms with E-state index in [2.05, 4.69) is 20.6 Å². The Morgan fingerprint density at radius 1 is 1.22 bits per heavy atom. The van der Waals surface area contributed by atoms with Crippen LogP contribution in [0.2, 0.25) is 5.02 Å². The van der Waals surface area contributed by atoms with Crippen molar-refractivity contribution in [1.82, 2.24) is 20.0 Å². The van der Waals surface area contributed by atoms with E-state index in [-0.39, 0.29) is 33.7 Å². The van der Waals surface area contributed by atoms with Crippen molar-refractivity contribution in [3.05, 3.63) is 39.5 Å². The molecule has 1 aliphatic heterocycles. The number of nitrogens with zero attached hydrogens (tertiary/aromatic N) is 4. The molecule has 10 heteroatoms. The predicted molar refractivity (Wildman–Crippen MR) is 103 cm³/mol. The van der Waals surface area contributed by atoms with E-state index in [1.165, 1.54) is 23.1 Å². The van der Waals surface area contributed by atoms with Crippen LogP contribution >= 0.6 is 11.6 Å². The zero-order valence-corrected chi connectivity index (χ0v) is 15.6. The van der Waals surface area contributed by atoms with Crippen LogP contribution in [0.3, 0.4) is 0 Å². The molecule has 0 saturated heterocycles. The fraction of sp³-hybridized carbons (Fsp3) is 0.412. The SMILES string of the molecule is CN1n2c(c(Cl)cc(Nc3cc(N)ncn3)c2=O)C(=O)NC12CCCCC2. The lowest BCUT2D eigenvalue weighted by Gasteiger charge is -2.49. The van der Waals surface area contributed by atoms with E-state index in [0.717, 1.165) is 32.1 Å². The average molecular weight is 390 g/mol. The number of amides is 1. The van der Waals surface area contributed by atoms with E-state index < -0.39 is 5.66 Å². The molecule has 0 bridgehead atoms. The van der Waals surface area contributed by atoms with Crippen LogP contribution < -0.4 is 26.9 Å². The van der Waals surface area contributed by atoms with Gasteiger partial charge in [-0.25, -0.2) is 14.6 Å². The van der Waals surface area contributed by atoms with Crippen molar-refractivity contribution in [3.63, 3.8) is 0 Å². The van der Waals surface area contributed by atoms with E-state index in [4.69, 9.17) is 17.3 Å². The topological polar surface area (TPSA) is 118 Å². The van der Waals surface area contributed by atoms with Gasteiger partial charge in [0.2, 0.25) is 0 Å². The van der Waals surface area contributed by atoms with Gasteiger partial charge in [-0.3, -0.25) is 14.6 Å². The van der Waals surface area contributed by atoms with E-state index in [1.807, 2.05) is 0 Å². The summed E-state index contributed by atoms with van der Waals surface area (Å²) in [6.45, 7) is 0. The molecular formula is C17H20ClN7O2. The Labute approximate surface area is 160 Å². The normalized spacial score (nSPS) is 18.1. The number of pyridine rings is 1. The Hall–Kier alpha value is -2.81. The highest BCUT2D eigenvalue weighted by molar-refractivity contribution is 6.34. The summed E-state index contributed by atoms with van der Waals surface area (Å²) in [5.74, 6) is 0.302. The second-order valence-corrected chi connectivity index (χ2v) is 7.30. The minimum Gasteiger partial charge on any atom is -0.384 e. The number of rotatable bonds is 2. The highest BCUT2D eigenvalue weighted by atomic mass is 35.5. The standard InChI is InChI=1S/C17H20ClN7O2/c1-24-17(5-3-2-4-6-17)23-15(26)14-10(18)7-11(16(27)25(14)24)22-13-8-12(19)20-9-21-13/h7-9H,2-6H2,1H3,(H,23,26)(H3,19,20,21,22). The van der Waals surface area contributed by atoms with Gasteiger partial charge >= 0.3 is 0 Å². The van der Waals surface area contributed by atoms with Crippen molar-refractivity contribution in [1.29, 1.82) is 0 Å². The van der Waals surface area contributed by atoms with Gasteiger partial charge in [-0.15, -0.1) is 0 Å². The van der Waals surface area contributed by atoms with Crippen molar-refractivity contribution in [2.45, 2.75) is 37.8 Å². The van der Waals surface area contributed by atoms with Crippen LogP contribution in [0.4, 0.5) is 17.3 Å². The maximum Gasteiger partial charge on any atom is 0.293 e. The van der Waals surface area contributed by atoms with Gasteiger partial charge in [0.05, 0.1) is 5.02 Å². The molecular weight excluding hydrogens is 370 g/mol. The fourth-order valence-corrected chi connectivity index (χ4v) is 4.14. The summed E-state index contributed by atoms with van der Waals surface area (Å²) in [6.07, 6.45) is 5.94. The van der Waals surface area contributed by atoms with Crippen molar-refractivity contribution < 1.29 is 4.79 Å². The monoisotopic (exact) mass is 389 g/mol. The molecule has 1 saturated carbocycles. The van der Waals surface area contributed by atoms with Crippen LogP contribution in [-0.2, 0) is 0 Å². The second-order valence-electron chi connectivity index (χ2n) is 6.89. The molecule has 1 aliphatic carbocycles. The first kappa shape index (κ1) is 17.6. The summed E-state index contributed by atoms with van der Waals surface area (Å²) < 4.78 is 1.36. The number of anilines is 3. The number of aromatic nitrogens is 3. The number of halogens is 1. The zero-order valence-electron chi connectivity index (χ0n) is 14.8. The number of nitrogens with one attached hydrogen (secondary N) is 2. The molecule has 1 spiro atoms. The minimum absolute atomic E-state index is 0.133. The molecule has 2 aliphatic rings. The highest BCUT2D eigenvalue weighted by Crippen LogP contribution is 2.34. The first-order valence-corrected chi connectivity index (χ1v) is 9.16. The molecule has 0 radical (unpaired) electrons. The molecule has 4 N–H and O–H groups in total. The van der Waals surface area contributed by atoms with Gasteiger partial charge in [-0.2, -0.15) is 0 Å². The Bertz CT molecular complexity index is 968. The highest BCUT2D eigenvalue weighted by Gasteiger charge is 2.44. The lowest BCUT2D eigenvalue weighted by Crippen LogP contribution is -2.70. The summed E-state index contributed by atoms with van der Waals surface area (Å²) in [7, 11) is 1.80. The zero-order chi connectivity index (χ0) is 19.2. The summed E-state index contributed by atoms with van der Waals surface area (Å²) in [6, 6.07) is 2.94. The van der Waals surface area contributed by atoms with E-state index in [1.54, 1.807) is 12.1 Å². The van der Waals surface area contributed by atoms with Gasteiger partial charge in [0.25, 0.3) is 11.5 Å². The number of nitrogens with two attached hydrogens (primary N) is 1. The van der Waals surface area contributed by atoms with Crippen molar-refractivity contribution in [3.8, 4) is 0 Å². The van der Waals surface area contributed by atoms with Crippen LogP contribution in [0.25, 0.3) is 0 Å². The largest absolute Gasteiger partial charge is 0.384 e. The second kappa shape index (κ2) is 6.41. The average Bonchev–Trinajstić information content (AvgIpc) is 2.63. The summed E-state index contributed by atoms with van der Waals surface area (Å²) in [4.78, 5) is 33.8. The van der Waals surface area contributed by atoms with Gasteiger partial charge in [0.1, 0.15) is 35.0 Å². The molecule has 0 aromatic carbocycles. The molecule has 0 unspecified atom stereocenters. The molecule has 0 atom stereocenters. The first-order chi connectivity index (χ1) is 12.9.